The summed E-state index contributed by atoms with van der Waals surface area (Å²) in [6.07, 6.45) is -8.86. The number of halogens is 7. The normalized spacial score (nSPS) is 13.8. The van der Waals surface area contributed by atoms with Gasteiger partial charge in [-0.05, 0) is 45.0 Å². The molecule has 36 heavy (non-hydrogen) atoms. The molecule has 0 aliphatic carbocycles. The van der Waals surface area contributed by atoms with Crippen molar-refractivity contribution in [1.82, 2.24) is 4.98 Å². The molecule has 4 nitrogen and oxygen atoms in total. The maximum absolute atomic E-state index is 13.1. The first-order chi connectivity index (χ1) is 16.3. The number of hydrogen-bond acceptors (Lipinski definition) is 3. The van der Waals surface area contributed by atoms with Gasteiger partial charge in [0.2, 0.25) is 16.7 Å². The summed E-state index contributed by atoms with van der Waals surface area (Å²) in [5.41, 5.74) is 4.21. The molecule has 0 saturated heterocycles. The Morgan fingerprint density at radius 1 is 0.694 bits per heavy atom. The van der Waals surface area contributed by atoms with Crippen LogP contribution >= 0.6 is 0 Å². The lowest BCUT2D eigenvalue weighted by atomic mass is 10.1. The summed E-state index contributed by atoms with van der Waals surface area (Å²) in [4.78, 5) is 4.60. The van der Waals surface area contributed by atoms with Crippen molar-refractivity contribution in [2.45, 2.75) is 45.2 Å². The van der Waals surface area contributed by atoms with Crippen LogP contribution in [-0.2, 0) is 0 Å². The maximum Gasteiger partial charge on any atom is 0.408 e. The SMILES string of the molecule is Cc1ccc(-[n+]2c3cc(NC(C)C(F)(F)F)ccc3nc3ccc(NC(C)C(F)(F)F)cc32)cc1.[Cl-]. The van der Waals surface area contributed by atoms with Crippen molar-refractivity contribution in [2.75, 3.05) is 10.6 Å². The van der Waals surface area contributed by atoms with Crippen LogP contribution in [0.1, 0.15) is 19.4 Å². The quantitative estimate of drug-likeness (QED) is 0.236. The number of benzene rings is 3. The summed E-state index contributed by atoms with van der Waals surface area (Å²) < 4.78 is 80.4. The van der Waals surface area contributed by atoms with Gasteiger partial charge in [0.1, 0.15) is 23.1 Å². The van der Waals surface area contributed by atoms with E-state index >= 15 is 0 Å². The van der Waals surface area contributed by atoms with Gasteiger partial charge >= 0.3 is 12.4 Å². The highest BCUT2D eigenvalue weighted by atomic mass is 35.5. The van der Waals surface area contributed by atoms with E-state index in [0.29, 0.717) is 27.8 Å². The third-order valence-electron chi connectivity index (χ3n) is 5.71. The van der Waals surface area contributed by atoms with Gasteiger partial charge in [0.15, 0.2) is 0 Å². The molecule has 0 bridgehead atoms. The molecule has 0 amide bonds. The number of aromatic nitrogens is 2. The molecule has 1 aromatic heterocycles. The second-order valence-electron chi connectivity index (χ2n) is 8.51. The Morgan fingerprint density at radius 3 is 1.50 bits per heavy atom. The summed E-state index contributed by atoms with van der Waals surface area (Å²) in [6, 6.07) is 13.3. The zero-order chi connectivity index (χ0) is 25.5. The van der Waals surface area contributed by atoms with Crippen LogP contribution in [-0.4, -0.2) is 29.4 Å². The van der Waals surface area contributed by atoms with E-state index in [0.717, 1.165) is 19.4 Å². The molecule has 0 aliphatic rings. The predicted molar refractivity (Wildman–Crippen MR) is 124 cm³/mol. The summed E-state index contributed by atoms with van der Waals surface area (Å²) in [6.45, 7) is 3.96. The Kier molecular flexibility index (Phi) is 7.59. The number of hydrogen-bond donors (Lipinski definition) is 2. The Bertz CT molecular complexity index is 1290. The number of nitrogens with zero attached hydrogens (tertiary/aromatic N) is 2. The van der Waals surface area contributed by atoms with Gasteiger partial charge in [-0.25, -0.2) is 4.98 Å². The largest absolute Gasteiger partial charge is 1.00 e. The van der Waals surface area contributed by atoms with Gasteiger partial charge in [-0.3, -0.25) is 0 Å². The highest BCUT2D eigenvalue weighted by Crippen LogP contribution is 2.28. The summed E-state index contributed by atoms with van der Waals surface area (Å²) in [5.74, 6) is 0. The van der Waals surface area contributed by atoms with E-state index < -0.39 is 24.4 Å². The molecule has 0 spiro atoms. The molecule has 0 saturated carbocycles. The number of aryl methyl sites for hydroxylation is 1. The lowest BCUT2D eigenvalue weighted by Crippen LogP contribution is -3.00. The molecule has 1 heterocycles. The zero-order valence-corrected chi connectivity index (χ0v) is 20.2. The third kappa shape index (κ3) is 5.75. The zero-order valence-electron chi connectivity index (χ0n) is 19.5. The van der Waals surface area contributed by atoms with Crippen LogP contribution in [0, 0.1) is 6.92 Å². The van der Waals surface area contributed by atoms with Crippen LogP contribution in [0.3, 0.4) is 0 Å². The van der Waals surface area contributed by atoms with Gasteiger partial charge < -0.3 is 23.0 Å². The van der Waals surface area contributed by atoms with Crippen LogP contribution in [0.5, 0.6) is 0 Å². The predicted octanol–water partition coefficient (Wildman–Crippen LogP) is 3.70. The average Bonchev–Trinajstić information content (AvgIpc) is 2.77. The van der Waals surface area contributed by atoms with Crippen molar-refractivity contribution in [3.63, 3.8) is 0 Å². The molecule has 4 aromatic rings. The van der Waals surface area contributed by atoms with E-state index in [1.54, 1.807) is 28.8 Å². The van der Waals surface area contributed by atoms with Crippen molar-refractivity contribution >= 4 is 33.4 Å². The summed E-state index contributed by atoms with van der Waals surface area (Å²) in [5, 5.41) is 4.92. The molecular weight excluding hydrogens is 506 g/mol. The molecule has 0 aliphatic heterocycles. The Balaban J connectivity index is 0.00000361. The van der Waals surface area contributed by atoms with E-state index in [1.807, 2.05) is 31.2 Å². The number of nitrogens with one attached hydrogen (secondary N) is 2. The average molecular weight is 529 g/mol. The second-order valence-corrected chi connectivity index (χ2v) is 8.51. The maximum atomic E-state index is 13.1. The number of rotatable bonds is 5. The fourth-order valence-electron chi connectivity index (χ4n) is 3.67. The minimum atomic E-state index is -4.43. The Morgan fingerprint density at radius 2 is 1.11 bits per heavy atom. The molecule has 4 rings (SSSR count). The molecule has 2 N–H and O–H groups in total. The number of anilines is 2. The van der Waals surface area contributed by atoms with E-state index in [2.05, 4.69) is 15.6 Å². The van der Waals surface area contributed by atoms with Gasteiger partial charge in [0, 0.05) is 35.6 Å². The Hall–Kier alpha value is -3.27. The van der Waals surface area contributed by atoms with E-state index in [1.165, 1.54) is 12.1 Å². The summed E-state index contributed by atoms with van der Waals surface area (Å²) in [7, 11) is 0. The molecule has 0 radical (unpaired) electrons. The molecule has 2 atom stereocenters. The molecule has 11 heteroatoms. The van der Waals surface area contributed by atoms with Gasteiger partial charge in [0.25, 0.3) is 0 Å². The lowest BCUT2D eigenvalue weighted by Gasteiger charge is -2.19. The molecule has 3 aromatic carbocycles. The first-order valence-electron chi connectivity index (χ1n) is 10.9. The molecule has 0 fully saturated rings. The monoisotopic (exact) mass is 528 g/mol. The van der Waals surface area contributed by atoms with E-state index in [-0.39, 0.29) is 23.8 Å². The van der Waals surface area contributed by atoms with Crippen molar-refractivity contribution < 1.29 is 43.3 Å². The highest BCUT2D eigenvalue weighted by Gasteiger charge is 2.37. The molecule has 2 unspecified atom stereocenters. The minimum Gasteiger partial charge on any atom is -1.00 e. The molecule has 192 valence electrons. The minimum absolute atomic E-state index is 0. The third-order valence-corrected chi connectivity index (χ3v) is 5.71. The van der Waals surface area contributed by atoms with Crippen molar-refractivity contribution in [3.05, 3.63) is 66.2 Å². The van der Waals surface area contributed by atoms with Crippen molar-refractivity contribution in [2.24, 2.45) is 0 Å². The summed E-state index contributed by atoms with van der Waals surface area (Å²) >= 11 is 0. The Labute approximate surface area is 209 Å². The van der Waals surface area contributed by atoms with Gasteiger partial charge in [-0.2, -0.15) is 26.3 Å². The molecular formula is C25H23ClF6N4. The number of fused-ring (bicyclic) bond motifs is 2. The number of alkyl halides is 6. The van der Waals surface area contributed by atoms with Crippen LogP contribution < -0.4 is 27.6 Å². The van der Waals surface area contributed by atoms with E-state index in [9.17, 15) is 26.3 Å². The van der Waals surface area contributed by atoms with Crippen molar-refractivity contribution in [3.8, 4) is 5.69 Å². The smallest absolute Gasteiger partial charge is 0.408 e. The fourth-order valence-corrected chi connectivity index (χ4v) is 3.67. The second kappa shape index (κ2) is 10.0. The topological polar surface area (TPSA) is 40.8 Å². The van der Waals surface area contributed by atoms with Crippen LogP contribution in [0.15, 0.2) is 60.7 Å². The first-order valence-corrected chi connectivity index (χ1v) is 10.9. The van der Waals surface area contributed by atoms with Gasteiger partial charge in [0.05, 0.1) is 0 Å². The highest BCUT2D eigenvalue weighted by molar-refractivity contribution is 5.86. The fraction of sp³-hybridized carbons (Fsp3) is 0.280. The lowest BCUT2D eigenvalue weighted by molar-refractivity contribution is -0.538. The van der Waals surface area contributed by atoms with E-state index in [4.69, 9.17) is 0 Å². The van der Waals surface area contributed by atoms with Crippen molar-refractivity contribution in [1.29, 1.82) is 0 Å². The van der Waals surface area contributed by atoms with Gasteiger partial charge in [-0.1, -0.05) is 17.7 Å². The van der Waals surface area contributed by atoms with Crippen LogP contribution in [0.2, 0.25) is 0 Å². The standard InChI is InChI=1S/C25H22F6N4.ClH/c1-14-4-8-19(9-5-14)35-22-12-17(32-15(2)24(26,27)28)6-10-20(22)34-21-11-7-18(13-23(21)35)33-16(3)25(29,30)31;/h4-13,15-16H,1-3H3,(H,32,33);1H. The van der Waals surface area contributed by atoms with Crippen LogP contribution in [0.4, 0.5) is 37.7 Å². The van der Waals surface area contributed by atoms with Crippen LogP contribution in [0.25, 0.3) is 27.8 Å². The van der Waals surface area contributed by atoms with Gasteiger partial charge in [-0.15, -0.1) is 4.57 Å². The first kappa shape index (κ1) is 27.3.